The van der Waals surface area contributed by atoms with Crippen molar-refractivity contribution < 1.29 is 4.79 Å². The zero-order chi connectivity index (χ0) is 15.2. The number of rotatable bonds is 4. The number of hydrogen-bond donors (Lipinski definition) is 2. The lowest BCUT2D eigenvalue weighted by molar-refractivity contribution is 0.0697. The molecule has 3 N–H and O–H groups in total. The molecule has 0 spiro atoms. The minimum Gasteiger partial charge on any atom is -0.336 e. The highest BCUT2D eigenvalue weighted by molar-refractivity contribution is 5.95. The Kier molecular flexibility index (Phi) is 5.56. The number of aryl methyl sites for hydroxylation is 1. The summed E-state index contributed by atoms with van der Waals surface area (Å²) in [5.41, 5.74) is 4.17. The van der Waals surface area contributed by atoms with Gasteiger partial charge in [-0.3, -0.25) is 4.79 Å². The number of aromatic nitrogens is 1. The molecule has 21 heavy (non-hydrogen) atoms. The third-order valence-corrected chi connectivity index (χ3v) is 4.09. The van der Waals surface area contributed by atoms with E-state index in [1.54, 1.807) is 6.07 Å². The Hall–Kier alpha value is -1.62. The van der Waals surface area contributed by atoms with Crippen molar-refractivity contribution in [3.63, 3.8) is 0 Å². The van der Waals surface area contributed by atoms with Crippen LogP contribution in [0, 0.1) is 0 Å². The highest BCUT2D eigenvalue weighted by atomic mass is 16.2. The smallest absolute Gasteiger partial charge is 0.254 e. The summed E-state index contributed by atoms with van der Waals surface area (Å²) >= 11 is 0. The van der Waals surface area contributed by atoms with Crippen molar-refractivity contribution in [2.45, 2.75) is 58.4 Å². The third kappa shape index (κ3) is 3.94. The van der Waals surface area contributed by atoms with Crippen molar-refractivity contribution in [1.29, 1.82) is 0 Å². The SMILES string of the molecule is CCCc1cc(C(=O)N2CCCCCC2C)cc(NN)n1. The zero-order valence-corrected chi connectivity index (χ0v) is 13.1. The van der Waals surface area contributed by atoms with E-state index in [0.29, 0.717) is 17.4 Å². The van der Waals surface area contributed by atoms with Crippen LogP contribution < -0.4 is 11.3 Å². The summed E-state index contributed by atoms with van der Waals surface area (Å²) in [5, 5.41) is 0. The zero-order valence-electron chi connectivity index (χ0n) is 13.1. The topological polar surface area (TPSA) is 71.2 Å². The molecule has 1 saturated heterocycles. The molecule has 1 amide bonds. The van der Waals surface area contributed by atoms with E-state index in [2.05, 4.69) is 24.3 Å². The van der Waals surface area contributed by atoms with Gasteiger partial charge in [0, 0.05) is 23.8 Å². The fraction of sp³-hybridized carbons (Fsp3) is 0.625. The number of nitrogens with zero attached hydrogens (tertiary/aromatic N) is 2. The van der Waals surface area contributed by atoms with Gasteiger partial charge in [-0.05, 0) is 38.3 Å². The van der Waals surface area contributed by atoms with Gasteiger partial charge in [0.2, 0.25) is 0 Å². The van der Waals surface area contributed by atoms with E-state index < -0.39 is 0 Å². The van der Waals surface area contributed by atoms with Gasteiger partial charge in [-0.25, -0.2) is 10.8 Å². The van der Waals surface area contributed by atoms with Crippen LogP contribution in [0.15, 0.2) is 12.1 Å². The third-order valence-electron chi connectivity index (χ3n) is 4.09. The van der Waals surface area contributed by atoms with Crippen LogP contribution in [0.3, 0.4) is 0 Å². The molecule has 0 saturated carbocycles. The lowest BCUT2D eigenvalue weighted by atomic mass is 10.1. The van der Waals surface area contributed by atoms with Gasteiger partial charge in [0.25, 0.3) is 5.91 Å². The molecule has 1 aromatic rings. The van der Waals surface area contributed by atoms with Crippen LogP contribution in [0.1, 0.15) is 62.0 Å². The first kappa shape index (κ1) is 15.8. The Balaban J connectivity index is 2.26. The molecule has 1 aromatic heterocycles. The number of likely N-dealkylation sites (tertiary alicyclic amines) is 1. The van der Waals surface area contributed by atoms with Crippen LogP contribution in [0.2, 0.25) is 0 Å². The van der Waals surface area contributed by atoms with Gasteiger partial charge in [-0.1, -0.05) is 26.2 Å². The Labute approximate surface area is 126 Å². The summed E-state index contributed by atoms with van der Waals surface area (Å²) in [6, 6.07) is 3.96. The number of hydrazine groups is 1. The average molecular weight is 290 g/mol. The average Bonchev–Trinajstić information content (AvgIpc) is 2.71. The monoisotopic (exact) mass is 290 g/mol. The minimum atomic E-state index is 0.0978. The Morgan fingerprint density at radius 3 is 2.95 bits per heavy atom. The maximum absolute atomic E-state index is 12.8. The largest absolute Gasteiger partial charge is 0.336 e. The highest BCUT2D eigenvalue weighted by Crippen LogP contribution is 2.20. The van der Waals surface area contributed by atoms with Gasteiger partial charge in [-0.15, -0.1) is 0 Å². The molecule has 2 rings (SSSR count). The fourth-order valence-corrected chi connectivity index (χ4v) is 2.91. The predicted molar refractivity (Wildman–Crippen MR) is 85.0 cm³/mol. The van der Waals surface area contributed by atoms with E-state index in [0.717, 1.165) is 37.9 Å². The Morgan fingerprint density at radius 2 is 2.24 bits per heavy atom. The molecule has 0 aromatic carbocycles. The van der Waals surface area contributed by atoms with Crippen LogP contribution in [-0.4, -0.2) is 28.4 Å². The molecular formula is C16H26N4O. The van der Waals surface area contributed by atoms with Crippen LogP contribution in [0.25, 0.3) is 0 Å². The van der Waals surface area contributed by atoms with Crippen LogP contribution in [0.5, 0.6) is 0 Å². The molecule has 5 heteroatoms. The van der Waals surface area contributed by atoms with Crippen LogP contribution in [0.4, 0.5) is 5.82 Å². The molecule has 5 nitrogen and oxygen atoms in total. The number of pyridine rings is 1. The van der Waals surface area contributed by atoms with Gasteiger partial charge in [-0.2, -0.15) is 0 Å². The van der Waals surface area contributed by atoms with Gasteiger partial charge in [0.15, 0.2) is 0 Å². The lowest BCUT2D eigenvalue weighted by Gasteiger charge is -2.27. The van der Waals surface area contributed by atoms with Crippen molar-refractivity contribution in [3.8, 4) is 0 Å². The summed E-state index contributed by atoms with van der Waals surface area (Å²) in [4.78, 5) is 19.2. The number of carbonyl (C=O) groups excluding carboxylic acids is 1. The molecule has 1 fully saturated rings. The Bertz CT molecular complexity index is 489. The number of amides is 1. The molecule has 0 bridgehead atoms. The van der Waals surface area contributed by atoms with E-state index in [9.17, 15) is 4.79 Å². The van der Waals surface area contributed by atoms with Crippen molar-refractivity contribution in [3.05, 3.63) is 23.4 Å². The van der Waals surface area contributed by atoms with Gasteiger partial charge < -0.3 is 10.3 Å². The Morgan fingerprint density at radius 1 is 1.43 bits per heavy atom. The molecule has 2 heterocycles. The van der Waals surface area contributed by atoms with Crippen LogP contribution >= 0.6 is 0 Å². The number of hydrogen-bond acceptors (Lipinski definition) is 4. The van der Waals surface area contributed by atoms with Crippen molar-refractivity contribution in [2.24, 2.45) is 5.84 Å². The molecule has 1 aliphatic heterocycles. The standard InChI is InChI=1S/C16H26N4O/c1-3-7-14-10-13(11-15(18-14)19-17)16(21)20-9-6-4-5-8-12(20)2/h10-12H,3-9,17H2,1-2H3,(H,18,19). The summed E-state index contributed by atoms with van der Waals surface area (Å²) in [5.74, 6) is 6.14. The quantitative estimate of drug-likeness (QED) is 0.660. The summed E-state index contributed by atoms with van der Waals surface area (Å²) in [7, 11) is 0. The first-order valence-corrected chi connectivity index (χ1v) is 7.94. The first-order valence-electron chi connectivity index (χ1n) is 7.94. The fourth-order valence-electron chi connectivity index (χ4n) is 2.91. The summed E-state index contributed by atoms with van der Waals surface area (Å²) in [6.45, 7) is 5.08. The molecule has 0 radical (unpaired) electrons. The van der Waals surface area contributed by atoms with Gasteiger partial charge in [0.05, 0.1) is 0 Å². The van der Waals surface area contributed by atoms with Crippen molar-refractivity contribution in [2.75, 3.05) is 12.0 Å². The number of nitrogens with one attached hydrogen (secondary N) is 1. The van der Waals surface area contributed by atoms with E-state index in [4.69, 9.17) is 5.84 Å². The molecular weight excluding hydrogens is 264 g/mol. The maximum Gasteiger partial charge on any atom is 0.254 e. The van der Waals surface area contributed by atoms with E-state index in [1.165, 1.54) is 12.8 Å². The van der Waals surface area contributed by atoms with Crippen molar-refractivity contribution in [1.82, 2.24) is 9.88 Å². The van der Waals surface area contributed by atoms with E-state index in [1.807, 2.05) is 11.0 Å². The highest BCUT2D eigenvalue weighted by Gasteiger charge is 2.23. The molecule has 1 unspecified atom stereocenters. The van der Waals surface area contributed by atoms with Gasteiger partial charge in [0.1, 0.15) is 5.82 Å². The minimum absolute atomic E-state index is 0.0978. The summed E-state index contributed by atoms with van der Waals surface area (Å²) < 4.78 is 0. The predicted octanol–water partition coefficient (Wildman–Crippen LogP) is 2.72. The number of nitrogen functional groups attached to an aromatic ring is 1. The molecule has 116 valence electrons. The van der Waals surface area contributed by atoms with Crippen molar-refractivity contribution >= 4 is 11.7 Å². The first-order chi connectivity index (χ1) is 10.2. The second kappa shape index (κ2) is 7.41. The second-order valence-corrected chi connectivity index (χ2v) is 5.82. The van der Waals surface area contributed by atoms with Gasteiger partial charge >= 0.3 is 0 Å². The normalized spacial score (nSPS) is 19.2. The van der Waals surface area contributed by atoms with E-state index in [-0.39, 0.29) is 5.91 Å². The van der Waals surface area contributed by atoms with Crippen LogP contribution in [-0.2, 0) is 6.42 Å². The van der Waals surface area contributed by atoms with E-state index >= 15 is 0 Å². The number of carbonyl (C=O) groups is 1. The lowest BCUT2D eigenvalue weighted by Crippen LogP contribution is -2.38. The number of anilines is 1. The molecule has 1 aliphatic rings. The molecule has 1 atom stereocenters. The summed E-state index contributed by atoms with van der Waals surface area (Å²) in [6.07, 6.45) is 6.44. The second-order valence-electron chi connectivity index (χ2n) is 5.82. The molecule has 0 aliphatic carbocycles. The number of nitrogens with two attached hydrogens (primary N) is 1. The maximum atomic E-state index is 12.8.